The van der Waals surface area contributed by atoms with Gasteiger partial charge >= 0.3 is 0 Å². The van der Waals surface area contributed by atoms with Crippen LogP contribution in [0, 0.1) is 6.92 Å². The Morgan fingerprint density at radius 3 is 2.83 bits per heavy atom. The van der Waals surface area contributed by atoms with Crippen LogP contribution in [0.2, 0.25) is 0 Å². The molecule has 0 saturated carbocycles. The van der Waals surface area contributed by atoms with Crippen LogP contribution < -0.4 is 0 Å². The van der Waals surface area contributed by atoms with Crippen LogP contribution in [-0.4, -0.2) is 29.3 Å². The van der Waals surface area contributed by atoms with Crippen LogP contribution >= 0.6 is 0 Å². The molecule has 3 rings (SSSR count). The molecule has 3 aromatic rings. The van der Waals surface area contributed by atoms with E-state index >= 15 is 0 Å². The van der Waals surface area contributed by atoms with Crippen molar-refractivity contribution in [3.05, 3.63) is 48.1 Å². The van der Waals surface area contributed by atoms with E-state index in [0.29, 0.717) is 0 Å². The highest BCUT2D eigenvalue weighted by molar-refractivity contribution is 5.54. The van der Waals surface area contributed by atoms with Crippen molar-refractivity contribution in [1.29, 1.82) is 0 Å². The lowest BCUT2D eigenvalue weighted by Crippen LogP contribution is -2.06. The molecule has 0 radical (unpaired) electrons. The predicted molar refractivity (Wildman–Crippen MR) is 65.0 cm³/mol. The Balaban J connectivity index is 2.12. The number of aliphatic hydroxyl groups is 1. The number of aryl methyl sites for hydroxylation is 1. The first-order valence-electron chi connectivity index (χ1n) is 5.62. The largest absolute Gasteiger partial charge is 0.382 e. The molecule has 0 fully saturated rings. The van der Waals surface area contributed by atoms with Crippen LogP contribution in [0.25, 0.3) is 5.52 Å². The summed E-state index contributed by atoms with van der Waals surface area (Å²) in [5.41, 5.74) is 2.27. The molecule has 0 aliphatic heterocycles. The Labute approximate surface area is 104 Å². The summed E-state index contributed by atoms with van der Waals surface area (Å²) in [6, 6.07) is 0. The smallest absolute Gasteiger partial charge is 0.124 e. The summed E-state index contributed by atoms with van der Waals surface area (Å²) in [7, 11) is 1.88. The van der Waals surface area contributed by atoms with E-state index in [4.69, 9.17) is 0 Å². The van der Waals surface area contributed by atoms with Gasteiger partial charge in [0.15, 0.2) is 0 Å². The van der Waals surface area contributed by atoms with Gasteiger partial charge in [-0.15, -0.1) is 0 Å². The van der Waals surface area contributed by atoms with E-state index in [9.17, 15) is 5.11 Å². The topological polar surface area (TPSA) is 68.2 Å². The van der Waals surface area contributed by atoms with Gasteiger partial charge in [-0.3, -0.25) is 4.98 Å². The van der Waals surface area contributed by atoms with Crippen molar-refractivity contribution in [1.82, 2.24) is 24.1 Å². The number of rotatable bonds is 2. The number of imidazole rings is 1. The average molecular weight is 243 g/mol. The summed E-state index contributed by atoms with van der Waals surface area (Å²) in [4.78, 5) is 8.24. The number of aromatic nitrogens is 5. The molecule has 6 nitrogen and oxygen atoms in total. The van der Waals surface area contributed by atoms with E-state index in [1.165, 1.54) is 0 Å². The van der Waals surface area contributed by atoms with Gasteiger partial charge in [-0.2, -0.15) is 5.10 Å². The lowest BCUT2D eigenvalue weighted by atomic mass is 10.1. The number of hydrogen-bond acceptors (Lipinski definition) is 4. The SMILES string of the molecule is Cc1ncc(C(O)c2cnn3ccncc23)n1C. The van der Waals surface area contributed by atoms with E-state index < -0.39 is 6.10 Å². The molecule has 0 saturated heterocycles. The van der Waals surface area contributed by atoms with E-state index in [0.717, 1.165) is 22.6 Å². The Morgan fingerprint density at radius 1 is 1.28 bits per heavy atom. The Morgan fingerprint density at radius 2 is 2.11 bits per heavy atom. The monoisotopic (exact) mass is 243 g/mol. The minimum atomic E-state index is -0.752. The number of aliphatic hydroxyl groups excluding tert-OH is 1. The highest BCUT2D eigenvalue weighted by atomic mass is 16.3. The van der Waals surface area contributed by atoms with Crippen molar-refractivity contribution in [2.24, 2.45) is 7.05 Å². The van der Waals surface area contributed by atoms with Gasteiger partial charge in [-0.1, -0.05) is 0 Å². The Bertz CT molecular complexity index is 699. The first kappa shape index (κ1) is 10.9. The van der Waals surface area contributed by atoms with Crippen molar-refractivity contribution < 1.29 is 5.11 Å². The molecule has 1 unspecified atom stereocenters. The summed E-state index contributed by atoms with van der Waals surface area (Å²) in [5, 5.41) is 14.6. The molecule has 3 aromatic heterocycles. The highest BCUT2D eigenvalue weighted by Gasteiger charge is 2.19. The van der Waals surface area contributed by atoms with Gasteiger partial charge in [-0.05, 0) is 6.92 Å². The van der Waals surface area contributed by atoms with Crippen LogP contribution in [0.5, 0.6) is 0 Å². The Kier molecular flexibility index (Phi) is 2.38. The molecule has 3 heterocycles. The summed E-state index contributed by atoms with van der Waals surface area (Å²) < 4.78 is 3.55. The summed E-state index contributed by atoms with van der Waals surface area (Å²) in [5.74, 6) is 0.860. The third kappa shape index (κ3) is 1.50. The van der Waals surface area contributed by atoms with E-state index in [1.807, 2.05) is 18.5 Å². The predicted octanol–water partition coefficient (Wildman–Crippen LogP) is 0.853. The minimum Gasteiger partial charge on any atom is -0.382 e. The highest BCUT2D eigenvalue weighted by Crippen LogP contribution is 2.25. The first-order valence-corrected chi connectivity index (χ1v) is 5.62. The minimum absolute atomic E-state index is 0.728. The van der Waals surface area contributed by atoms with Crippen LogP contribution in [0.3, 0.4) is 0 Å². The third-order valence-corrected chi connectivity index (χ3v) is 3.19. The fourth-order valence-electron chi connectivity index (χ4n) is 2.00. The zero-order valence-electron chi connectivity index (χ0n) is 10.1. The zero-order chi connectivity index (χ0) is 12.7. The first-order chi connectivity index (χ1) is 8.68. The molecule has 1 N–H and O–H groups in total. The third-order valence-electron chi connectivity index (χ3n) is 3.19. The van der Waals surface area contributed by atoms with Gasteiger partial charge in [0.2, 0.25) is 0 Å². The van der Waals surface area contributed by atoms with Crippen molar-refractivity contribution in [3.63, 3.8) is 0 Å². The maximum Gasteiger partial charge on any atom is 0.124 e. The zero-order valence-corrected chi connectivity index (χ0v) is 10.1. The fourth-order valence-corrected chi connectivity index (χ4v) is 2.00. The quantitative estimate of drug-likeness (QED) is 0.724. The van der Waals surface area contributed by atoms with Crippen molar-refractivity contribution in [2.45, 2.75) is 13.0 Å². The van der Waals surface area contributed by atoms with Gasteiger partial charge < -0.3 is 9.67 Å². The molecular formula is C12H13N5O. The normalized spacial score (nSPS) is 13.1. The van der Waals surface area contributed by atoms with E-state index in [-0.39, 0.29) is 0 Å². The van der Waals surface area contributed by atoms with E-state index in [2.05, 4.69) is 15.1 Å². The number of nitrogens with zero attached hydrogens (tertiary/aromatic N) is 5. The van der Waals surface area contributed by atoms with Gasteiger partial charge in [-0.25, -0.2) is 9.50 Å². The van der Waals surface area contributed by atoms with Crippen LogP contribution in [0.4, 0.5) is 0 Å². The molecule has 0 spiro atoms. The molecular weight excluding hydrogens is 230 g/mol. The maximum atomic E-state index is 10.4. The number of hydrogen-bond donors (Lipinski definition) is 1. The van der Waals surface area contributed by atoms with Gasteiger partial charge in [0.25, 0.3) is 0 Å². The number of fused-ring (bicyclic) bond motifs is 1. The van der Waals surface area contributed by atoms with Gasteiger partial charge in [0.05, 0.1) is 29.8 Å². The Hall–Kier alpha value is -2.21. The second kappa shape index (κ2) is 3.92. The van der Waals surface area contributed by atoms with Crippen LogP contribution in [0.1, 0.15) is 23.2 Å². The molecule has 0 aliphatic rings. The van der Waals surface area contributed by atoms with Crippen LogP contribution in [0.15, 0.2) is 31.0 Å². The average Bonchev–Trinajstić information content (AvgIpc) is 2.94. The van der Waals surface area contributed by atoms with Crippen LogP contribution in [-0.2, 0) is 7.05 Å². The molecule has 0 amide bonds. The molecule has 18 heavy (non-hydrogen) atoms. The van der Waals surface area contributed by atoms with Crippen molar-refractivity contribution in [2.75, 3.05) is 0 Å². The lowest BCUT2D eigenvalue weighted by molar-refractivity contribution is 0.212. The second-order valence-corrected chi connectivity index (χ2v) is 4.20. The molecule has 0 bridgehead atoms. The summed E-state index contributed by atoms with van der Waals surface area (Å²) >= 11 is 0. The maximum absolute atomic E-state index is 10.4. The summed E-state index contributed by atoms with van der Waals surface area (Å²) in [6.07, 6.45) is 7.68. The summed E-state index contributed by atoms with van der Waals surface area (Å²) in [6.45, 7) is 1.90. The standard InChI is InChI=1S/C12H13N5O/c1-8-14-7-11(16(8)2)12(18)9-5-15-17-4-3-13-6-10(9)17/h3-7,12,18H,1-2H3. The molecule has 92 valence electrons. The molecule has 0 aromatic carbocycles. The molecule has 0 aliphatic carbocycles. The lowest BCUT2D eigenvalue weighted by Gasteiger charge is -2.10. The fraction of sp³-hybridized carbons (Fsp3) is 0.250. The van der Waals surface area contributed by atoms with Gasteiger partial charge in [0.1, 0.15) is 11.9 Å². The van der Waals surface area contributed by atoms with Crippen molar-refractivity contribution in [3.8, 4) is 0 Å². The second-order valence-electron chi connectivity index (χ2n) is 4.20. The molecule has 1 atom stereocenters. The molecule has 6 heteroatoms. The van der Waals surface area contributed by atoms with Crippen molar-refractivity contribution >= 4 is 5.52 Å². The van der Waals surface area contributed by atoms with E-state index in [1.54, 1.807) is 35.5 Å². The van der Waals surface area contributed by atoms with Gasteiger partial charge in [0, 0.05) is 25.0 Å².